The molecule has 3 N–H and O–H groups in total. The number of nitrogens with one attached hydrogen (secondary N) is 2. The molecular formula is C18H20ClN3O3. The lowest BCUT2D eigenvalue weighted by atomic mass is 10.2. The van der Waals surface area contributed by atoms with Gasteiger partial charge in [0.15, 0.2) is 0 Å². The first-order valence-electron chi connectivity index (χ1n) is 7.86. The minimum absolute atomic E-state index is 0. The second-order valence-electron chi connectivity index (χ2n) is 5.60. The summed E-state index contributed by atoms with van der Waals surface area (Å²) in [4.78, 5) is 26.2. The normalized spacial score (nSPS) is 10.6. The summed E-state index contributed by atoms with van der Waals surface area (Å²) in [6.07, 6.45) is 0.697. The molecule has 0 saturated carbocycles. The number of hydrogen-bond donors (Lipinski definition) is 3. The highest BCUT2D eigenvalue weighted by Crippen LogP contribution is 2.20. The smallest absolute Gasteiger partial charge is 0.328 e. The molecular weight excluding hydrogens is 342 g/mol. The van der Waals surface area contributed by atoms with Crippen LogP contribution in [0, 0.1) is 0 Å². The van der Waals surface area contributed by atoms with E-state index < -0.39 is 11.2 Å². The van der Waals surface area contributed by atoms with Crippen molar-refractivity contribution in [3.63, 3.8) is 0 Å². The molecule has 3 aromatic rings. The van der Waals surface area contributed by atoms with Gasteiger partial charge in [-0.3, -0.25) is 14.3 Å². The van der Waals surface area contributed by atoms with Crippen molar-refractivity contribution < 1.29 is 5.11 Å². The van der Waals surface area contributed by atoms with Crippen molar-refractivity contribution in [2.24, 2.45) is 0 Å². The number of fused-ring (bicyclic) bond motifs is 1. The van der Waals surface area contributed by atoms with Crippen LogP contribution < -0.4 is 16.6 Å². The Morgan fingerprint density at radius 2 is 1.80 bits per heavy atom. The Labute approximate surface area is 150 Å². The van der Waals surface area contributed by atoms with Gasteiger partial charge >= 0.3 is 5.69 Å². The van der Waals surface area contributed by atoms with Crippen molar-refractivity contribution in [1.29, 1.82) is 0 Å². The standard InChI is InChI=1S/C18H19N3O3.ClH/c22-15-9-4-8-14-16(15)21(18(24)20-17(14)23)11-5-10-19-12-13-6-2-1-3-7-13;/h1-4,6-9,19,22H,5,10-12H2,(H,20,23,24);1H. The van der Waals surface area contributed by atoms with Crippen LogP contribution in [-0.4, -0.2) is 21.2 Å². The molecule has 7 heteroatoms. The summed E-state index contributed by atoms with van der Waals surface area (Å²) in [5, 5.41) is 13.7. The molecule has 3 rings (SSSR count). The van der Waals surface area contributed by atoms with Crippen molar-refractivity contribution in [3.8, 4) is 5.75 Å². The number of aromatic amines is 1. The Kier molecular flexibility index (Phi) is 6.38. The van der Waals surface area contributed by atoms with Gasteiger partial charge in [0, 0.05) is 13.1 Å². The van der Waals surface area contributed by atoms with Gasteiger partial charge in [0.25, 0.3) is 5.56 Å². The number of rotatable bonds is 6. The minimum Gasteiger partial charge on any atom is -0.506 e. The first-order valence-corrected chi connectivity index (χ1v) is 7.86. The number of benzene rings is 2. The molecule has 2 aromatic carbocycles. The van der Waals surface area contributed by atoms with Crippen molar-refractivity contribution in [2.45, 2.75) is 19.5 Å². The lowest BCUT2D eigenvalue weighted by Gasteiger charge is -2.11. The number of aryl methyl sites for hydroxylation is 1. The fourth-order valence-electron chi connectivity index (χ4n) is 2.74. The summed E-state index contributed by atoms with van der Waals surface area (Å²) in [5.74, 6) is -0.0621. The van der Waals surface area contributed by atoms with Crippen molar-refractivity contribution in [3.05, 3.63) is 74.9 Å². The van der Waals surface area contributed by atoms with E-state index in [0.29, 0.717) is 18.4 Å². The van der Waals surface area contributed by atoms with Crippen LogP contribution in [0.1, 0.15) is 12.0 Å². The SMILES string of the molecule is Cl.O=c1[nH]c(=O)n(CCCNCc2ccccc2)c2c(O)cccc12. The molecule has 1 aromatic heterocycles. The molecule has 0 unspecified atom stereocenters. The number of phenols is 1. The van der Waals surface area contributed by atoms with Gasteiger partial charge in [-0.2, -0.15) is 0 Å². The number of phenolic OH excluding ortho intramolecular Hbond substituents is 1. The maximum atomic E-state index is 12.1. The van der Waals surface area contributed by atoms with Gasteiger partial charge in [0.2, 0.25) is 0 Å². The van der Waals surface area contributed by atoms with Crippen LogP contribution in [0.15, 0.2) is 58.1 Å². The van der Waals surface area contributed by atoms with Crippen LogP contribution in [0.25, 0.3) is 10.9 Å². The highest BCUT2D eigenvalue weighted by molar-refractivity contribution is 5.85. The Balaban J connectivity index is 0.00000225. The molecule has 0 amide bonds. The van der Waals surface area contributed by atoms with Crippen LogP contribution in [0.5, 0.6) is 5.75 Å². The molecule has 132 valence electrons. The molecule has 0 bridgehead atoms. The predicted octanol–water partition coefficient (Wildman–Crippen LogP) is 2.00. The second kappa shape index (κ2) is 8.50. The molecule has 0 saturated heterocycles. The van der Waals surface area contributed by atoms with Crippen LogP contribution in [0.2, 0.25) is 0 Å². The number of halogens is 1. The minimum atomic E-state index is -0.503. The number of hydrogen-bond acceptors (Lipinski definition) is 4. The van der Waals surface area contributed by atoms with E-state index in [1.165, 1.54) is 16.2 Å². The van der Waals surface area contributed by atoms with Crippen LogP contribution in [-0.2, 0) is 13.1 Å². The van der Waals surface area contributed by atoms with Gasteiger partial charge in [-0.25, -0.2) is 4.79 Å². The van der Waals surface area contributed by atoms with E-state index in [-0.39, 0.29) is 23.7 Å². The molecule has 0 atom stereocenters. The molecule has 0 aliphatic carbocycles. The van der Waals surface area contributed by atoms with Gasteiger partial charge in [-0.15, -0.1) is 12.4 Å². The van der Waals surface area contributed by atoms with Gasteiger partial charge in [-0.05, 0) is 30.7 Å². The number of para-hydroxylation sites is 1. The van der Waals surface area contributed by atoms with E-state index >= 15 is 0 Å². The largest absolute Gasteiger partial charge is 0.506 e. The summed E-state index contributed by atoms with van der Waals surface area (Å²) in [7, 11) is 0. The highest BCUT2D eigenvalue weighted by Gasteiger charge is 2.10. The Bertz CT molecular complexity index is 951. The number of aromatic nitrogens is 2. The number of aromatic hydroxyl groups is 1. The molecule has 0 aliphatic heterocycles. The van der Waals surface area contributed by atoms with Gasteiger partial charge in [0.1, 0.15) is 11.3 Å². The fourth-order valence-corrected chi connectivity index (χ4v) is 2.74. The van der Waals surface area contributed by atoms with E-state index in [4.69, 9.17) is 0 Å². The van der Waals surface area contributed by atoms with Crippen LogP contribution in [0.3, 0.4) is 0 Å². The highest BCUT2D eigenvalue weighted by atomic mass is 35.5. The first-order chi connectivity index (χ1) is 11.7. The quantitative estimate of drug-likeness (QED) is 0.586. The van der Waals surface area contributed by atoms with Gasteiger partial charge in [0.05, 0.1) is 5.39 Å². The summed E-state index contributed by atoms with van der Waals surface area (Å²) < 4.78 is 1.41. The lowest BCUT2D eigenvalue weighted by Crippen LogP contribution is -2.31. The van der Waals surface area contributed by atoms with E-state index in [1.807, 2.05) is 30.3 Å². The Morgan fingerprint density at radius 1 is 1.04 bits per heavy atom. The zero-order valence-electron chi connectivity index (χ0n) is 13.6. The van der Waals surface area contributed by atoms with Gasteiger partial charge in [-0.1, -0.05) is 36.4 Å². The maximum absolute atomic E-state index is 12.1. The molecule has 6 nitrogen and oxygen atoms in total. The molecule has 0 aliphatic rings. The van der Waals surface area contributed by atoms with Crippen LogP contribution >= 0.6 is 12.4 Å². The van der Waals surface area contributed by atoms with Crippen molar-refractivity contribution >= 4 is 23.3 Å². The summed E-state index contributed by atoms with van der Waals surface area (Å²) >= 11 is 0. The number of H-pyrrole nitrogens is 1. The molecule has 0 spiro atoms. The number of nitrogens with zero attached hydrogens (tertiary/aromatic N) is 1. The molecule has 25 heavy (non-hydrogen) atoms. The zero-order valence-corrected chi connectivity index (χ0v) is 14.4. The van der Waals surface area contributed by atoms with E-state index in [1.54, 1.807) is 12.1 Å². The summed E-state index contributed by atoms with van der Waals surface area (Å²) in [6.45, 7) is 1.88. The maximum Gasteiger partial charge on any atom is 0.328 e. The second-order valence-corrected chi connectivity index (χ2v) is 5.60. The third-order valence-electron chi connectivity index (χ3n) is 3.90. The van der Waals surface area contributed by atoms with E-state index in [2.05, 4.69) is 10.3 Å². The molecule has 0 fully saturated rings. The Morgan fingerprint density at radius 3 is 2.56 bits per heavy atom. The summed E-state index contributed by atoms with van der Waals surface area (Å²) in [5.41, 5.74) is 0.498. The van der Waals surface area contributed by atoms with Crippen LogP contribution in [0.4, 0.5) is 0 Å². The van der Waals surface area contributed by atoms with Crippen molar-refractivity contribution in [2.75, 3.05) is 6.54 Å². The summed E-state index contributed by atoms with van der Waals surface area (Å²) in [6, 6.07) is 14.7. The zero-order chi connectivity index (χ0) is 16.9. The molecule has 1 heterocycles. The topological polar surface area (TPSA) is 87.1 Å². The van der Waals surface area contributed by atoms with E-state index in [0.717, 1.165) is 13.1 Å². The predicted molar refractivity (Wildman–Crippen MR) is 101 cm³/mol. The van der Waals surface area contributed by atoms with Gasteiger partial charge < -0.3 is 10.4 Å². The fraction of sp³-hybridized carbons (Fsp3) is 0.222. The third kappa shape index (κ3) is 4.29. The average Bonchev–Trinajstić information content (AvgIpc) is 2.58. The Hall–Kier alpha value is -2.57. The first kappa shape index (κ1) is 18.8. The third-order valence-corrected chi connectivity index (χ3v) is 3.90. The van der Waals surface area contributed by atoms with E-state index in [9.17, 15) is 14.7 Å². The monoisotopic (exact) mass is 361 g/mol. The average molecular weight is 362 g/mol. The molecule has 0 radical (unpaired) electrons. The lowest BCUT2D eigenvalue weighted by molar-refractivity contribution is 0.474. The van der Waals surface area contributed by atoms with Crippen molar-refractivity contribution in [1.82, 2.24) is 14.9 Å².